The van der Waals surface area contributed by atoms with Crippen LogP contribution < -0.4 is 0 Å². The van der Waals surface area contributed by atoms with Crippen LogP contribution >= 0.6 is 0 Å². The van der Waals surface area contributed by atoms with Crippen LogP contribution in [0.2, 0.25) is 0 Å². The average molecular weight is 433 g/mol. The molecule has 5 rings (SSSR count). The summed E-state index contributed by atoms with van der Waals surface area (Å²) in [6.45, 7) is 6.72. The fourth-order valence-electron chi connectivity index (χ4n) is 4.95. The van der Waals surface area contributed by atoms with Crippen LogP contribution in [-0.2, 0) is 4.74 Å². The molecule has 1 atom stereocenters. The highest BCUT2D eigenvalue weighted by Crippen LogP contribution is 2.41. The molecular weight excluding hydrogens is 404 g/mol. The molecule has 2 aliphatic rings. The minimum absolute atomic E-state index is 0.0679. The maximum absolute atomic E-state index is 13.1. The Morgan fingerprint density at radius 2 is 1.81 bits per heavy atom. The number of benzene rings is 2. The molecule has 166 valence electrons. The van der Waals surface area contributed by atoms with Gasteiger partial charge in [-0.1, -0.05) is 30.3 Å². The molecule has 1 aromatic heterocycles. The van der Waals surface area contributed by atoms with Gasteiger partial charge in [0, 0.05) is 42.5 Å². The molecule has 7 nitrogen and oxygen atoms in total. The highest BCUT2D eigenvalue weighted by atomic mass is 16.6. The summed E-state index contributed by atoms with van der Waals surface area (Å²) in [6.07, 6.45) is 3.04. The van der Waals surface area contributed by atoms with E-state index >= 15 is 0 Å². The number of hydrogen-bond acceptors (Lipinski definition) is 4. The lowest BCUT2D eigenvalue weighted by Crippen LogP contribution is -2.62. The van der Waals surface area contributed by atoms with Gasteiger partial charge in [-0.3, -0.25) is 9.89 Å². The van der Waals surface area contributed by atoms with Crippen molar-refractivity contribution in [3.8, 4) is 0 Å². The molecule has 0 aliphatic carbocycles. The number of likely N-dealkylation sites (tertiary alicyclic amines) is 2. The lowest BCUT2D eigenvalue weighted by molar-refractivity contribution is -0.0447. The maximum atomic E-state index is 13.1. The van der Waals surface area contributed by atoms with E-state index in [1.54, 1.807) is 11.1 Å². The van der Waals surface area contributed by atoms with Gasteiger partial charge in [-0.15, -0.1) is 0 Å². The average Bonchev–Trinajstić information content (AvgIpc) is 3.27. The molecule has 1 spiro atoms. The first-order chi connectivity index (χ1) is 15.4. The second-order valence-corrected chi connectivity index (χ2v) is 9.21. The number of nitrogens with one attached hydrogen (secondary N) is 1. The monoisotopic (exact) mass is 432 g/mol. The lowest BCUT2D eigenvalue weighted by Gasteiger charge is -2.53. The van der Waals surface area contributed by atoms with Gasteiger partial charge < -0.3 is 14.5 Å². The summed E-state index contributed by atoms with van der Waals surface area (Å²) in [5.41, 5.74) is 3.81. The van der Waals surface area contributed by atoms with Crippen LogP contribution in [0, 0.1) is 12.3 Å². The summed E-state index contributed by atoms with van der Waals surface area (Å²) >= 11 is 0. The standard InChI is InChI=1S/C25H28N4O3/c1-17-12-20(13-21-14-26-27-22(17)21)23(30)28-10-8-25(9-11-28)15-29(16-25)24(31)32-18(2)19-6-4-3-5-7-19/h3-7,12-14,18H,8-11,15-16H2,1-2H3,(H,26,27)/t18-/m1/s1. The van der Waals surface area contributed by atoms with Crippen molar-refractivity contribution in [2.45, 2.75) is 32.8 Å². The number of nitrogens with zero attached hydrogens (tertiary/aromatic N) is 3. The van der Waals surface area contributed by atoms with E-state index in [1.807, 2.05) is 61.2 Å². The first kappa shape index (κ1) is 20.5. The summed E-state index contributed by atoms with van der Waals surface area (Å²) in [6, 6.07) is 13.6. The highest BCUT2D eigenvalue weighted by Gasteiger charge is 2.48. The Bertz CT molecular complexity index is 1140. The van der Waals surface area contributed by atoms with E-state index in [9.17, 15) is 9.59 Å². The van der Waals surface area contributed by atoms with E-state index in [0.29, 0.717) is 31.7 Å². The fraction of sp³-hybridized carbons (Fsp3) is 0.400. The van der Waals surface area contributed by atoms with Crippen molar-refractivity contribution in [2.75, 3.05) is 26.2 Å². The van der Waals surface area contributed by atoms with Crippen LogP contribution in [0.4, 0.5) is 4.79 Å². The SMILES string of the molecule is Cc1cc(C(=O)N2CCC3(CC2)CN(C(=O)O[C@H](C)c2ccccc2)C3)cc2cn[nH]c12. The molecule has 0 saturated carbocycles. The highest BCUT2D eigenvalue weighted by molar-refractivity contribution is 5.98. The molecule has 2 aromatic carbocycles. The fourth-order valence-corrected chi connectivity index (χ4v) is 4.95. The quantitative estimate of drug-likeness (QED) is 0.669. The Balaban J connectivity index is 1.15. The van der Waals surface area contributed by atoms with Crippen molar-refractivity contribution in [1.29, 1.82) is 0 Å². The van der Waals surface area contributed by atoms with Crippen molar-refractivity contribution in [2.24, 2.45) is 5.41 Å². The van der Waals surface area contributed by atoms with E-state index in [4.69, 9.17) is 4.74 Å². The number of ether oxygens (including phenoxy) is 1. The summed E-state index contributed by atoms with van der Waals surface area (Å²) in [4.78, 5) is 29.3. The first-order valence-corrected chi connectivity index (χ1v) is 11.2. The number of aryl methyl sites for hydroxylation is 1. The Morgan fingerprint density at radius 1 is 1.09 bits per heavy atom. The molecule has 2 fully saturated rings. The Labute approximate surface area is 187 Å². The smallest absolute Gasteiger partial charge is 0.410 e. The molecule has 3 heterocycles. The molecule has 32 heavy (non-hydrogen) atoms. The second-order valence-electron chi connectivity index (χ2n) is 9.21. The molecule has 1 N–H and O–H groups in total. The van der Waals surface area contributed by atoms with Gasteiger partial charge >= 0.3 is 6.09 Å². The molecule has 0 radical (unpaired) electrons. The summed E-state index contributed by atoms with van der Waals surface area (Å²) < 4.78 is 5.65. The third kappa shape index (κ3) is 3.72. The number of piperidine rings is 1. The molecule has 2 aliphatic heterocycles. The number of carbonyl (C=O) groups is 2. The molecule has 0 bridgehead atoms. The van der Waals surface area contributed by atoms with Crippen molar-refractivity contribution in [3.63, 3.8) is 0 Å². The number of rotatable bonds is 3. The number of amides is 2. The van der Waals surface area contributed by atoms with E-state index < -0.39 is 0 Å². The topological polar surface area (TPSA) is 78.5 Å². The van der Waals surface area contributed by atoms with E-state index in [0.717, 1.165) is 34.9 Å². The predicted octanol–water partition coefficient (Wildman–Crippen LogP) is 4.31. The number of aromatic amines is 1. The van der Waals surface area contributed by atoms with Crippen LogP contribution in [-0.4, -0.2) is 58.2 Å². The molecule has 2 saturated heterocycles. The number of H-pyrrole nitrogens is 1. The summed E-state index contributed by atoms with van der Waals surface area (Å²) in [5, 5.41) is 8.01. The molecule has 3 aromatic rings. The van der Waals surface area contributed by atoms with Crippen LogP contribution in [0.5, 0.6) is 0 Å². The predicted molar refractivity (Wildman–Crippen MR) is 121 cm³/mol. The van der Waals surface area contributed by atoms with E-state index in [-0.39, 0.29) is 23.5 Å². The second kappa shape index (κ2) is 7.97. The Hall–Kier alpha value is -3.35. The lowest BCUT2D eigenvalue weighted by atomic mass is 9.72. The Morgan fingerprint density at radius 3 is 2.53 bits per heavy atom. The van der Waals surface area contributed by atoms with Gasteiger partial charge in [-0.05, 0) is 49.9 Å². The van der Waals surface area contributed by atoms with Gasteiger partial charge in [0.1, 0.15) is 6.10 Å². The van der Waals surface area contributed by atoms with Gasteiger partial charge in [0.05, 0.1) is 11.7 Å². The van der Waals surface area contributed by atoms with Gasteiger partial charge in [0.25, 0.3) is 5.91 Å². The normalized spacial score (nSPS) is 18.4. The molecular formula is C25H28N4O3. The van der Waals surface area contributed by atoms with E-state index in [2.05, 4.69) is 10.2 Å². The maximum Gasteiger partial charge on any atom is 0.410 e. The van der Waals surface area contributed by atoms with Crippen molar-refractivity contribution in [3.05, 3.63) is 65.4 Å². The van der Waals surface area contributed by atoms with Crippen molar-refractivity contribution in [1.82, 2.24) is 20.0 Å². The van der Waals surface area contributed by atoms with Crippen LogP contribution in [0.15, 0.2) is 48.7 Å². The molecule has 7 heteroatoms. The number of carbonyl (C=O) groups excluding carboxylic acids is 2. The van der Waals surface area contributed by atoms with Gasteiger partial charge in [-0.2, -0.15) is 5.10 Å². The third-order valence-electron chi connectivity index (χ3n) is 6.96. The Kier molecular flexibility index (Phi) is 5.12. The summed E-state index contributed by atoms with van der Waals surface area (Å²) in [5.74, 6) is 0.0679. The molecule has 0 unspecified atom stereocenters. The zero-order valence-corrected chi connectivity index (χ0v) is 18.5. The summed E-state index contributed by atoms with van der Waals surface area (Å²) in [7, 11) is 0. The number of fused-ring (bicyclic) bond motifs is 1. The van der Waals surface area contributed by atoms with E-state index in [1.165, 1.54) is 0 Å². The van der Waals surface area contributed by atoms with Crippen LogP contribution in [0.25, 0.3) is 10.9 Å². The van der Waals surface area contributed by atoms with Crippen molar-refractivity contribution < 1.29 is 14.3 Å². The zero-order valence-electron chi connectivity index (χ0n) is 18.5. The van der Waals surface area contributed by atoms with Crippen LogP contribution in [0.1, 0.15) is 47.4 Å². The number of hydrogen-bond donors (Lipinski definition) is 1. The van der Waals surface area contributed by atoms with Gasteiger partial charge in [0.2, 0.25) is 0 Å². The van der Waals surface area contributed by atoms with Crippen LogP contribution in [0.3, 0.4) is 0 Å². The third-order valence-corrected chi connectivity index (χ3v) is 6.96. The van der Waals surface area contributed by atoms with Crippen molar-refractivity contribution >= 4 is 22.9 Å². The minimum Gasteiger partial charge on any atom is -0.442 e. The molecule has 2 amide bonds. The van der Waals surface area contributed by atoms with Gasteiger partial charge in [0.15, 0.2) is 0 Å². The minimum atomic E-state index is -0.268. The first-order valence-electron chi connectivity index (χ1n) is 11.2. The number of aromatic nitrogens is 2. The zero-order chi connectivity index (χ0) is 22.3. The largest absolute Gasteiger partial charge is 0.442 e. The van der Waals surface area contributed by atoms with Gasteiger partial charge in [-0.25, -0.2) is 4.79 Å².